The van der Waals surface area contributed by atoms with Gasteiger partial charge in [-0.05, 0) is 45.3 Å². The van der Waals surface area contributed by atoms with Crippen LogP contribution in [0.15, 0.2) is 0 Å². The summed E-state index contributed by atoms with van der Waals surface area (Å²) < 4.78 is 1.77. The molecule has 1 aromatic rings. The average molecular weight is 285 g/mol. The molecule has 1 aliphatic heterocycles. The van der Waals surface area contributed by atoms with E-state index < -0.39 is 0 Å². The molecular formula is C14H25ClN4. The van der Waals surface area contributed by atoms with Crippen molar-refractivity contribution in [2.75, 3.05) is 26.2 Å². The highest BCUT2D eigenvalue weighted by atomic mass is 35.5. The van der Waals surface area contributed by atoms with E-state index >= 15 is 0 Å². The normalized spacial score (nSPS) is 20.2. The van der Waals surface area contributed by atoms with E-state index in [1.165, 1.54) is 24.9 Å². The third-order valence-electron chi connectivity index (χ3n) is 4.01. The van der Waals surface area contributed by atoms with Gasteiger partial charge in [0.25, 0.3) is 0 Å². The number of piperidine rings is 1. The highest BCUT2D eigenvalue weighted by Crippen LogP contribution is 2.21. The van der Waals surface area contributed by atoms with E-state index in [2.05, 4.69) is 22.2 Å². The van der Waals surface area contributed by atoms with E-state index in [0.717, 1.165) is 42.9 Å². The third kappa shape index (κ3) is 3.71. The molecule has 0 aromatic carbocycles. The van der Waals surface area contributed by atoms with Crippen LogP contribution in [0.4, 0.5) is 0 Å². The highest BCUT2D eigenvalue weighted by molar-refractivity contribution is 6.30. The van der Waals surface area contributed by atoms with Crippen molar-refractivity contribution in [2.45, 2.75) is 33.2 Å². The fraction of sp³-hybridized carbons (Fsp3) is 0.786. The van der Waals surface area contributed by atoms with Crippen LogP contribution in [-0.4, -0.2) is 40.9 Å². The van der Waals surface area contributed by atoms with E-state index in [9.17, 15) is 0 Å². The smallest absolute Gasteiger partial charge is 0.131 e. The van der Waals surface area contributed by atoms with Gasteiger partial charge in [-0.15, -0.1) is 0 Å². The van der Waals surface area contributed by atoms with Crippen molar-refractivity contribution in [3.8, 4) is 0 Å². The average Bonchev–Trinajstić information content (AvgIpc) is 2.65. The molecule has 1 saturated heterocycles. The summed E-state index contributed by atoms with van der Waals surface area (Å²) in [5.41, 5.74) is 2.22. The van der Waals surface area contributed by atoms with Crippen LogP contribution in [0.2, 0.25) is 5.15 Å². The van der Waals surface area contributed by atoms with E-state index in [-0.39, 0.29) is 0 Å². The van der Waals surface area contributed by atoms with Crippen LogP contribution in [0.1, 0.15) is 31.0 Å². The minimum absolute atomic E-state index is 0.768. The van der Waals surface area contributed by atoms with Crippen molar-refractivity contribution in [3.63, 3.8) is 0 Å². The van der Waals surface area contributed by atoms with Crippen LogP contribution in [0.3, 0.4) is 0 Å². The maximum atomic E-state index is 6.32. The van der Waals surface area contributed by atoms with Crippen LogP contribution < -0.4 is 5.32 Å². The Labute approximate surface area is 121 Å². The van der Waals surface area contributed by atoms with Crippen LogP contribution in [0, 0.1) is 12.8 Å². The summed E-state index contributed by atoms with van der Waals surface area (Å²) in [6.45, 7) is 9.69. The minimum Gasteiger partial charge on any atom is -0.316 e. The Balaban J connectivity index is 1.98. The lowest BCUT2D eigenvalue weighted by atomic mass is 9.99. The predicted molar refractivity (Wildman–Crippen MR) is 79.5 cm³/mol. The molecule has 5 heteroatoms. The third-order valence-corrected chi connectivity index (χ3v) is 4.49. The molecule has 2 heterocycles. The molecule has 0 aliphatic carbocycles. The van der Waals surface area contributed by atoms with Crippen molar-refractivity contribution < 1.29 is 0 Å². The fourth-order valence-electron chi connectivity index (χ4n) is 2.83. The molecule has 1 N–H and O–H groups in total. The highest BCUT2D eigenvalue weighted by Gasteiger charge is 2.19. The molecule has 0 bridgehead atoms. The SMILES string of the molecule is CCN(Cc1c(C)nn(C)c1Cl)CC1CCCNC1. The monoisotopic (exact) mass is 284 g/mol. The Morgan fingerprint density at radius 3 is 2.84 bits per heavy atom. The van der Waals surface area contributed by atoms with E-state index in [0.29, 0.717) is 0 Å². The molecule has 4 nitrogen and oxygen atoms in total. The van der Waals surface area contributed by atoms with Gasteiger partial charge in [-0.25, -0.2) is 0 Å². The van der Waals surface area contributed by atoms with Crippen molar-refractivity contribution in [1.82, 2.24) is 20.0 Å². The second-order valence-corrected chi connectivity index (χ2v) is 5.88. The van der Waals surface area contributed by atoms with Gasteiger partial charge >= 0.3 is 0 Å². The van der Waals surface area contributed by atoms with Gasteiger partial charge in [0.05, 0.1) is 5.69 Å². The molecule has 1 aromatic heterocycles. The predicted octanol–water partition coefficient (Wildman–Crippen LogP) is 2.20. The summed E-state index contributed by atoms with van der Waals surface area (Å²) >= 11 is 6.32. The number of aryl methyl sites for hydroxylation is 2. The maximum absolute atomic E-state index is 6.32. The van der Waals surface area contributed by atoms with Gasteiger partial charge in [-0.1, -0.05) is 18.5 Å². The van der Waals surface area contributed by atoms with Crippen LogP contribution in [0.5, 0.6) is 0 Å². The number of rotatable bonds is 5. The van der Waals surface area contributed by atoms with Gasteiger partial charge in [0.2, 0.25) is 0 Å². The summed E-state index contributed by atoms with van der Waals surface area (Å²) in [6, 6.07) is 0. The van der Waals surface area contributed by atoms with Crippen LogP contribution in [-0.2, 0) is 13.6 Å². The first-order chi connectivity index (χ1) is 9.11. The molecule has 2 rings (SSSR count). The Kier molecular flexibility index (Phi) is 5.25. The van der Waals surface area contributed by atoms with E-state index in [4.69, 9.17) is 11.6 Å². The first-order valence-electron chi connectivity index (χ1n) is 7.22. The van der Waals surface area contributed by atoms with Gasteiger partial charge in [0, 0.05) is 25.7 Å². The first kappa shape index (κ1) is 14.8. The van der Waals surface area contributed by atoms with Gasteiger partial charge in [0.15, 0.2) is 0 Å². The fourth-order valence-corrected chi connectivity index (χ4v) is 3.06. The molecule has 0 amide bonds. The van der Waals surface area contributed by atoms with Gasteiger partial charge in [0.1, 0.15) is 5.15 Å². The summed E-state index contributed by atoms with van der Waals surface area (Å²) in [6.07, 6.45) is 2.64. The van der Waals surface area contributed by atoms with Gasteiger partial charge in [-0.3, -0.25) is 9.58 Å². The quantitative estimate of drug-likeness (QED) is 0.900. The number of nitrogens with zero attached hydrogens (tertiary/aromatic N) is 3. The molecule has 19 heavy (non-hydrogen) atoms. The standard InChI is InChI=1S/C14H25ClN4/c1-4-19(9-12-6-5-7-16-8-12)10-13-11(2)17-18(3)14(13)15/h12,16H,4-10H2,1-3H3. The molecule has 1 unspecified atom stereocenters. The number of halogens is 1. The minimum atomic E-state index is 0.768. The zero-order valence-electron chi connectivity index (χ0n) is 12.2. The molecule has 1 aliphatic rings. The molecule has 108 valence electrons. The molecular weight excluding hydrogens is 260 g/mol. The second-order valence-electron chi connectivity index (χ2n) is 5.52. The number of nitrogens with one attached hydrogen (secondary N) is 1. The lowest BCUT2D eigenvalue weighted by molar-refractivity contribution is 0.209. The first-order valence-corrected chi connectivity index (χ1v) is 7.60. The van der Waals surface area contributed by atoms with Crippen molar-refractivity contribution in [3.05, 3.63) is 16.4 Å². The Bertz CT molecular complexity index is 410. The number of aromatic nitrogens is 2. The molecule has 0 spiro atoms. The van der Waals surface area contributed by atoms with E-state index in [1.807, 2.05) is 14.0 Å². The summed E-state index contributed by atoms with van der Waals surface area (Å²) in [5.74, 6) is 0.768. The van der Waals surface area contributed by atoms with E-state index in [1.54, 1.807) is 4.68 Å². The van der Waals surface area contributed by atoms with Crippen LogP contribution in [0.25, 0.3) is 0 Å². The number of hydrogen-bond donors (Lipinski definition) is 1. The summed E-state index contributed by atoms with van der Waals surface area (Å²) in [4.78, 5) is 2.48. The summed E-state index contributed by atoms with van der Waals surface area (Å²) in [5, 5.41) is 8.65. The van der Waals surface area contributed by atoms with Gasteiger partial charge in [-0.2, -0.15) is 5.10 Å². The number of hydrogen-bond acceptors (Lipinski definition) is 3. The molecule has 0 saturated carbocycles. The molecule has 0 radical (unpaired) electrons. The zero-order chi connectivity index (χ0) is 13.8. The van der Waals surface area contributed by atoms with Crippen molar-refractivity contribution >= 4 is 11.6 Å². The Hall–Kier alpha value is -0.580. The maximum Gasteiger partial charge on any atom is 0.131 e. The zero-order valence-corrected chi connectivity index (χ0v) is 13.0. The Morgan fingerprint density at radius 2 is 2.32 bits per heavy atom. The van der Waals surface area contributed by atoms with Crippen molar-refractivity contribution in [1.29, 1.82) is 0 Å². The lowest BCUT2D eigenvalue weighted by Crippen LogP contribution is -2.38. The lowest BCUT2D eigenvalue weighted by Gasteiger charge is -2.29. The summed E-state index contributed by atoms with van der Waals surface area (Å²) in [7, 11) is 1.90. The Morgan fingerprint density at radius 1 is 1.53 bits per heavy atom. The molecule has 1 fully saturated rings. The second kappa shape index (κ2) is 6.73. The van der Waals surface area contributed by atoms with Gasteiger partial charge < -0.3 is 5.32 Å². The molecule has 1 atom stereocenters. The largest absolute Gasteiger partial charge is 0.316 e. The van der Waals surface area contributed by atoms with Crippen molar-refractivity contribution in [2.24, 2.45) is 13.0 Å². The topological polar surface area (TPSA) is 33.1 Å². The van der Waals surface area contributed by atoms with Crippen LogP contribution >= 0.6 is 11.6 Å².